The maximum Gasteiger partial charge on any atom is 0.248 e. The lowest BCUT2D eigenvalue weighted by molar-refractivity contribution is 0.1000. The number of carbonyl (C=O) groups excluding carboxylic acids is 1. The maximum absolute atomic E-state index is 11.2. The Hall–Kier alpha value is -1.10. The first-order valence-electron chi connectivity index (χ1n) is 7.03. The number of hydrogen-bond acceptors (Lipinski definition) is 3. The highest BCUT2D eigenvalue weighted by Gasteiger charge is 2.21. The lowest BCUT2D eigenvalue weighted by Gasteiger charge is -2.35. The van der Waals surface area contributed by atoms with Crippen LogP contribution in [0.4, 0.5) is 0 Å². The van der Waals surface area contributed by atoms with Gasteiger partial charge in [-0.15, -0.1) is 12.4 Å². The summed E-state index contributed by atoms with van der Waals surface area (Å²) in [6.07, 6.45) is 4.82. The predicted molar refractivity (Wildman–Crippen MR) is 83.9 cm³/mol. The number of primary amides is 1. The van der Waals surface area contributed by atoms with Gasteiger partial charge < -0.3 is 11.5 Å². The van der Waals surface area contributed by atoms with Crippen LogP contribution in [0.15, 0.2) is 24.3 Å². The third-order valence-corrected chi connectivity index (χ3v) is 3.85. The van der Waals surface area contributed by atoms with Gasteiger partial charge >= 0.3 is 0 Å². The van der Waals surface area contributed by atoms with Gasteiger partial charge in [-0.2, -0.15) is 0 Å². The van der Waals surface area contributed by atoms with Gasteiger partial charge in [0.25, 0.3) is 0 Å². The molecule has 1 aliphatic heterocycles. The van der Waals surface area contributed by atoms with E-state index in [0.29, 0.717) is 11.6 Å². The molecule has 0 aliphatic carbocycles. The van der Waals surface area contributed by atoms with E-state index in [1.165, 1.54) is 19.3 Å². The Morgan fingerprint density at radius 3 is 2.85 bits per heavy atom. The summed E-state index contributed by atoms with van der Waals surface area (Å²) in [5, 5.41) is 0. The number of rotatable bonds is 5. The molecule has 1 aromatic rings. The highest BCUT2D eigenvalue weighted by Crippen LogP contribution is 2.21. The molecule has 4 N–H and O–H groups in total. The second-order valence-corrected chi connectivity index (χ2v) is 5.26. The number of nitrogens with two attached hydrogens (primary N) is 2. The van der Waals surface area contributed by atoms with E-state index in [9.17, 15) is 4.79 Å². The Bertz CT molecular complexity index is 437. The van der Waals surface area contributed by atoms with Crippen LogP contribution in [-0.2, 0) is 6.54 Å². The third kappa shape index (κ3) is 4.47. The van der Waals surface area contributed by atoms with Gasteiger partial charge in [0, 0.05) is 18.2 Å². The smallest absolute Gasteiger partial charge is 0.248 e. The van der Waals surface area contributed by atoms with Crippen LogP contribution in [0, 0.1) is 0 Å². The van der Waals surface area contributed by atoms with E-state index in [1.54, 1.807) is 6.07 Å². The fourth-order valence-electron chi connectivity index (χ4n) is 2.84. The summed E-state index contributed by atoms with van der Waals surface area (Å²) in [6.45, 7) is 2.74. The molecule has 0 spiro atoms. The van der Waals surface area contributed by atoms with Crippen molar-refractivity contribution < 1.29 is 4.79 Å². The lowest BCUT2D eigenvalue weighted by atomic mass is 9.98. The van der Waals surface area contributed by atoms with Gasteiger partial charge in [0.2, 0.25) is 5.91 Å². The van der Waals surface area contributed by atoms with E-state index in [2.05, 4.69) is 11.0 Å². The van der Waals surface area contributed by atoms with E-state index >= 15 is 0 Å². The van der Waals surface area contributed by atoms with Crippen molar-refractivity contribution in [2.45, 2.75) is 38.3 Å². The molecule has 0 saturated carbocycles. The van der Waals surface area contributed by atoms with Crippen molar-refractivity contribution in [3.63, 3.8) is 0 Å². The Morgan fingerprint density at radius 2 is 2.15 bits per heavy atom. The van der Waals surface area contributed by atoms with Gasteiger partial charge in [-0.25, -0.2) is 0 Å². The summed E-state index contributed by atoms with van der Waals surface area (Å²) >= 11 is 0. The van der Waals surface area contributed by atoms with Crippen LogP contribution in [-0.4, -0.2) is 29.9 Å². The number of likely N-dealkylation sites (tertiary alicyclic amines) is 1. The number of piperidine rings is 1. The summed E-state index contributed by atoms with van der Waals surface area (Å²) in [5.41, 5.74) is 12.8. The van der Waals surface area contributed by atoms with Crippen molar-refractivity contribution in [1.29, 1.82) is 0 Å². The standard InChI is InChI=1S/C15H23N3O.ClH/c16-8-7-14-6-1-2-9-18(14)11-12-4-3-5-13(10-12)15(17)19;/h3-5,10,14H,1-2,6-9,11,16H2,(H2,17,19);1H. The van der Waals surface area contributed by atoms with Crippen LogP contribution >= 0.6 is 12.4 Å². The molecule has 1 atom stereocenters. The van der Waals surface area contributed by atoms with Crippen LogP contribution in [0.1, 0.15) is 41.6 Å². The van der Waals surface area contributed by atoms with Gasteiger partial charge in [0.1, 0.15) is 0 Å². The van der Waals surface area contributed by atoms with Crippen molar-refractivity contribution in [3.05, 3.63) is 35.4 Å². The van der Waals surface area contributed by atoms with Gasteiger partial charge in [-0.3, -0.25) is 9.69 Å². The molecule has 20 heavy (non-hydrogen) atoms. The quantitative estimate of drug-likeness (QED) is 0.872. The summed E-state index contributed by atoms with van der Waals surface area (Å²) in [7, 11) is 0. The molecular formula is C15H24ClN3O. The largest absolute Gasteiger partial charge is 0.366 e. The molecule has 1 fully saturated rings. The van der Waals surface area contributed by atoms with Crippen molar-refractivity contribution in [1.82, 2.24) is 4.90 Å². The number of benzene rings is 1. The minimum absolute atomic E-state index is 0. The molecule has 0 radical (unpaired) electrons. The Balaban J connectivity index is 0.00000200. The lowest BCUT2D eigenvalue weighted by Crippen LogP contribution is -2.40. The highest BCUT2D eigenvalue weighted by atomic mass is 35.5. The summed E-state index contributed by atoms with van der Waals surface area (Å²) in [4.78, 5) is 13.7. The molecule has 1 heterocycles. The number of nitrogens with zero attached hydrogens (tertiary/aromatic N) is 1. The predicted octanol–water partition coefficient (Wildman–Crippen LogP) is 1.91. The highest BCUT2D eigenvalue weighted by molar-refractivity contribution is 5.92. The summed E-state index contributed by atoms with van der Waals surface area (Å²) < 4.78 is 0. The van der Waals surface area contributed by atoms with Crippen molar-refractivity contribution in [2.75, 3.05) is 13.1 Å². The van der Waals surface area contributed by atoms with E-state index in [0.717, 1.165) is 31.6 Å². The first-order chi connectivity index (χ1) is 9.20. The monoisotopic (exact) mass is 297 g/mol. The fraction of sp³-hybridized carbons (Fsp3) is 0.533. The zero-order chi connectivity index (χ0) is 13.7. The van der Waals surface area contributed by atoms with E-state index in [-0.39, 0.29) is 18.3 Å². The second-order valence-electron chi connectivity index (χ2n) is 5.26. The first-order valence-corrected chi connectivity index (χ1v) is 7.03. The van der Waals surface area contributed by atoms with Crippen molar-refractivity contribution in [3.8, 4) is 0 Å². The van der Waals surface area contributed by atoms with Crippen LogP contribution in [0.2, 0.25) is 0 Å². The Kier molecular flexibility index (Phi) is 6.99. The van der Waals surface area contributed by atoms with E-state index in [1.807, 2.05) is 12.1 Å². The maximum atomic E-state index is 11.2. The molecular weight excluding hydrogens is 274 g/mol. The van der Waals surface area contributed by atoms with Crippen LogP contribution in [0.25, 0.3) is 0 Å². The Labute approximate surface area is 126 Å². The number of carbonyl (C=O) groups is 1. The molecule has 1 unspecified atom stereocenters. The van der Waals surface area contributed by atoms with Gasteiger partial charge in [-0.1, -0.05) is 18.6 Å². The summed E-state index contributed by atoms with van der Waals surface area (Å²) in [6, 6.07) is 8.20. The van der Waals surface area contributed by atoms with Crippen LogP contribution in [0.3, 0.4) is 0 Å². The van der Waals surface area contributed by atoms with Crippen LogP contribution < -0.4 is 11.5 Å². The molecule has 112 valence electrons. The Morgan fingerprint density at radius 1 is 1.35 bits per heavy atom. The zero-order valence-corrected chi connectivity index (χ0v) is 12.6. The van der Waals surface area contributed by atoms with Gasteiger partial charge in [0.05, 0.1) is 0 Å². The van der Waals surface area contributed by atoms with Gasteiger partial charge in [-0.05, 0) is 50.0 Å². The molecule has 0 bridgehead atoms. The minimum atomic E-state index is -0.362. The van der Waals surface area contributed by atoms with E-state index in [4.69, 9.17) is 11.5 Å². The molecule has 1 amide bonds. The first kappa shape index (κ1) is 17.0. The number of hydrogen-bond donors (Lipinski definition) is 2. The fourth-order valence-corrected chi connectivity index (χ4v) is 2.84. The SMILES string of the molecule is Cl.NCCC1CCCCN1Cc1cccc(C(N)=O)c1. The summed E-state index contributed by atoms with van der Waals surface area (Å²) in [5.74, 6) is -0.362. The van der Waals surface area contributed by atoms with E-state index < -0.39 is 0 Å². The molecule has 1 aliphatic rings. The normalized spacial score (nSPS) is 19.4. The topological polar surface area (TPSA) is 72.3 Å². The molecule has 4 nitrogen and oxygen atoms in total. The van der Waals surface area contributed by atoms with Gasteiger partial charge in [0.15, 0.2) is 0 Å². The van der Waals surface area contributed by atoms with Crippen molar-refractivity contribution >= 4 is 18.3 Å². The second kappa shape index (κ2) is 8.25. The third-order valence-electron chi connectivity index (χ3n) is 3.85. The van der Waals surface area contributed by atoms with Crippen molar-refractivity contribution in [2.24, 2.45) is 11.5 Å². The number of halogens is 1. The molecule has 1 saturated heterocycles. The molecule has 0 aromatic heterocycles. The molecule has 5 heteroatoms. The molecule has 2 rings (SSSR count). The molecule has 1 aromatic carbocycles. The zero-order valence-electron chi connectivity index (χ0n) is 11.8. The average molecular weight is 298 g/mol. The average Bonchev–Trinajstić information content (AvgIpc) is 2.41. The van der Waals surface area contributed by atoms with Crippen LogP contribution in [0.5, 0.6) is 0 Å². The minimum Gasteiger partial charge on any atom is -0.366 e. The number of amides is 1.